The number of sulfone groups is 1. The lowest BCUT2D eigenvalue weighted by Gasteiger charge is -2.55. The molecule has 1 saturated heterocycles. The molecule has 37 heavy (non-hydrogen) atoms. The number of pyridine rings is 1. The zero-order chi connectivity index (χ0) is 26.6. The fourth-order valence-corrected chi connectivity index (χ4v) is 5.24. The van der Waals surface area contributed by atoms with Gasteiger partial charge < -0.3 is 23.8 Å². The number of methoxy groups -OCH3 is 3. The second-order valence-electron chi connectivity index (χ2n) is 8.82. The molecule has 10 heteroatoms. The number of hydrogen-bond acceptors (Lipinski definition) is 8. The fourth-order valence-electron chi connectivity index (χ4n) is 4.61. The Kier molecular flexibility index (Phi) is 7.93. The molecule has 0 spiro atoms. The summed E-state index contributed by atoms with van der Waals surface area (Å²) in [5, 5.41) is 0. The smallest absolute Gasteiger partial charge is 0.260 e. The monoisotopic (exact) mass is 526 g/mol. The number of carbonyl (C=O) groups is 1. The van der Waals surface area contributed by atoms with Crippen LogP contribution < -0.4 is 4.74 Å². The molecule has 0 unspecified atom stereocenters. The lowest BCUT2D eigenvalue weighted by atomic mass is 9.74. The third-order valence-corrected chi connectivity index (χ3v) is 7.52. The molecule has 1 aromatic heterocycles. The maximum absolute atomic E-state index is 13.5. The third-order valence-electron chi connectivity index (χ3n) is 6.39. The Morgan fingerprint density at radius 2 is 1.59 bits per heavy atom. The number of carbonyl (C=O) groups excluding carboxylic acids is 1. The van der Waals surface area contributed by atoms with Crippen molar-refractivity contribution in [3.63, 3.8) is 0 Å². The van der Waals surface area contributed by atoms with Crippen LogP contribution in [0.25, 0.3) is 11.1 Å². The molecule has 0 radical (unpaired) electrons. The predicted molar refractivity (Wildman–Crippen MR) is 137 cm³/mol. The molecule has 196 valence electrons. The second-order valence-corrected chi connectivity index (χ2v) is 10.8. The lowest BCUT2D eigenvalue weighted by molar-refractivity contribution is -0.235. The first-order valence-electron chi connectivity index (χ1n) is 11.6. The summed E-state index contributed by atoms with van der Waals surface area (Å²) >= 11 is 0. The number of benzene rings is 2. The Hall–Kier alpha value is -3.31. The van der Waals surface area contributed by atoms with Gasteiger partial charge in [-0.2, -0.15) is 0 Å². The Labute approximate surface area is 216 Å². The van der Waals surface area contributed by atoms with E-state index in [0.717, 1.165) is 16.7 Å². The molecule has 2 atom stereocenters. The SMILES string of the molecule is COCO[C@@]1(Cc2cc(OC)ccn2)C(=O)N(COC)[C@H]1c1ccc(-c2ccc(S(C)(=O)=O)cc2)cc1. The minimum Gasteiger partial charge on any atom is -0.497 e. The van der Waals surface area contributed by atoms with Crippen molar-refractivity contribution in [2.24, 2.45) is 0 Å². The number of hydrogen-bond donors (Lipinski definition) is 0. The normalized spacial score (nSPS) is 19.5. The van der Waals surface area contributed by atoms with Crippen LogP contribution >= 0.6 is 0 Å². The quantitative estimate of drug-likeness (QED) is 0.277. The summed E-state index contributed by atoms with van der Waals surface area (Å²) in [6.45, 7) is 0.0274. The Bertz CT molecular complexity index is 1340. The van der Waals surface area contributed by atoms with E-state index in [9.17, 15) is 13.2 Å². The Balaban J connectivity index is 1.69. The van der Waals surface area contributed by atoms with Gasteiger partial charge in [0.15, 0.2) is 15.4 Å². The Morgan fingerprint density at radius 3 is 2.16 bits per heavy atom. The first kappa shape index (κ1) is 26.7. The molecule has 0 N–H and O–H groups in total. The van der Waals surface area contributed by atoms with E-state index in [4.69, 9.17) is 18.9 Å². The van der Waals surface area contributed by atoms with Crippen LogP contribution in [0.1, 0.15) is 17.3 Å². The van der Waals surface area contributed by atoms with Crippen molar-refractivity contribution in [2.75, 3.05) is 41.1 Å². The third kappa shape index (κ3) is 5.37. The average Bonchev–Trinajstić information content (AvgIpc) is 2.91. The predicted octanol–water partition coefficient (Wildman–Crippen LogP) is 3.25. The number of amides is 1. The molecule has 1 fully saturated rings. The first-order valence-corrected chi connectivity index (χ1v) is 13.4. The van der Waals surface area contributed by atoms with Gasteiger partial charge in [-0.15, -0.1) is 0 Å². The molecule has 0 saturated carbocycles. The summed E-state index contributed by atoms with van der Waals surface area (Å²) in [7, 11) is 1.35. The summed E-state index contributed by atoms with van der Waals surface area (Å²) in [5.41, 5.74) is 2.04. The summed E-state index contributed by atoms with van der Waals surface area (Å²) in [6, 6.07) is 17.5. The molecule has 1 amide bonds. The van der Waals surface area contributed by atoms with Crippen molar-refractivity contribution in [1.29, 1.82) is 0 Å². The van der Waals surface area contributed by atoms with Gasteiger partial charge in [-0.1, -0.05) is 36.4 Å². The van der Waals surface area contributed by atoms with Crippen molar-refractivity contribution in [1.82, 2.24) is 9.88 Å². The van der Waals surface area contributed by atoms with E-state index in [0.29, 0.717) is 11.4 Å². The van der Waals surface area contributed by atoms with E-state index < -0.39 is 21.5 Å². The van der Waals surface area contributed by atoms with Gasteiger partial charge in [0.25, 0.3) is 5.91 Å². The maximum atomic E-state index is 13.5. The zero-order valence-electron chi connectivity index (χ0n) is 21.2. The number of ether oxygens (including phenoxy) is 4. The summed E-state index contributed by atoms with van der Waals surface area (Å²) < 4.78 is 45.5. The molecule has 2 aromatic carbocycles. The number of aromatic nitrogens is 1. The highest BCUT2D eigenvalue weighted by molar-refractivity contribution is 7.90. The van der Waals surface area contributed by atoms with Gasteiger partial charge in [0.05, 0.1) is 18.0 Å². The van der Waals surface area contributed by atoms with Crippen LogP contribution in [0.15, 0.2) is 71.8 Å². The van der Waals surface area contributed by atoms with E-state index in [1.807, 2.05) is 24.3 Å². The van der Waals surface area contributed by atoms with Crippen molar-refractivity contribution in [3.8, 4) is 16.9 Å². The number of nitrogens with zero attached hydrogens (tertiary/aromatic N) is 2. The lowest BCUT2D eigenvalue weighted by Crippen LogP contribution is -2.71. The van der Waals surface area contributed by atoms with Crippen molar-refractivity contribution in [2.45, 2.75) is 23.0 Å². The topological polar surface area (TPSA) is 104 Å². The van der Waals surface area contributed by atoms with E-state index in [-0.39, 0.29) is 30.7 Å². The van der Waals surface area contributed by atoms with Crippen LogP contribution in [0.3, 0.4) is 0 Å². The highest BCUT2D eigenvalue weighted by Crippen LogP contribution is 2.48. The van der Waals surface area contributed by atoms with Crippen molar-refractivity contribution < 1.29 is 32.2 Å². The van der Waals surface area contributed by atoms with Gasteiger partial charge in [0, 0.05) is 44.9 Å². The van der Waals surface area contributed by atoms with Crippen molar-refractivity contribution in [3.05, 3.63) is 78.1 Å². The summed E-state index contributed by atoms with van der Waals surface area (Å²) in [5.74, 6) is 0.414. The Morgan fingerprint density at radius 1 is 0.946 bits per heavy atom. The maximum Gasteiger partial charge on any atom is 0.260 e. The number of likely N-dealkylation sites (tertiary alicyclic amines) is 1. The molecular weight excluding hydrogens is 496 g/mol. The van der Waals surface area contributed by atoms with E-state index in [1.165, 1.54) is 20.5 Å². The van der Waals surface area contributed by atoms with Crippen LogP contribution in [-0.4, -0.2) is 70.9 Å². The number of rotatable bonds is 11. The van der Waals surface area contributed by atoms with Crippen LogP contribution in [0.4, 0.5) is 0 Å². The van der Waals surface area contributed by atoms with Gasteiger partial charge in [0.1, 0.15) is 19.3 Å². The summed E-state index contributed by atoms with van der Waals surface area (Å²) in [4.78, 5) is 19.8. The molecule has 0 bridgehead atoms. The highest BCUT2D eigenvalue weighted by Gasteiger charge is 2.62. The van der Waals surface area contributed by atoms with Gasteiger partial charge in [-0.05, 0) is 34.9 Å². The molecule has 0 aliphatic carbocycles. The molecule has 1 aliphatic rings. The molecule has 4 rings (SSSR count). The molecular formula is C27H30N2O7S. The van der Waals surface area contributed by atoms with Gasteiger partial charge >= 0.3 is 0 Å². The molecule has 3 aromatic rings. The van der Waals surface area contributed by atoms with E-state index in [1.54, 1.807) is 54.6 Å². The van der Waals surface area contributed by atoms with Crippen LogP contribution in [0.5, 0.6) is 5.75 Å². The average molecular weight is 527 g/mol. The van der Waals surface area contributed by atoms with Gasteiger partial charge in [-0.3, -0.25) is 9.78 Å². The molecule has 1 aliphatic heterocycles. The molecule has 9 nitrogen and oxygen atoms in total. The van der Waals surface area contributed by atoms with E-state index >= 15 is 0 Å². The number of β-lactam (4-membered cyclic amide) rings is 1. The first-order chi connectivity index (χ1) is 17.7. The zero-order valence-corrected chi connectivity index (χ0v) is 22.0. The van der Waals surface area contributed by atoms with Crippen LogP contribution in [0.2, 0.25) is 0 Å². The fraction of sp³-hybridized carbons (Fsp3) is 0.333. The largest absolute Gasteiger partial charge is 0.497 e. The second kappa shape index (κ2) is 11.0. The minimum absolute atomic E-state index is 0.0716. The van der Waals surface area contributed by atoms with Gasteiger partial charge in [0.2, 0.25) is 0 Å². The summed E-state index contributed by atoms with van der Waals surface area (Å²) in [6.07, 6.45) is 3.03. The van der Waals surface area contributed by atoms with Crippen LogP contribution in [-0.2, 0) is 35.3 Å². The van der Waals surface area contributed by atoms with Crippen LogP contribution in [0, 0.1) is 0 Å². The standard InChI is InChI=1S/C27H30N2O7S/c1-33-17-29-25(21-7-5-19(6-8-21)20-9-11-24(12-10-20)37(4,31)32)27(26(29)30,36-18-34-2)16-22-15-23(35-3)13-14-28-22/h5-15,25H,16-18H2,1-4H3/t25-,27+/m0/s1. The van der Waals surface area contributed by atoms with E-state index in [2.05, 4.69) is 4.98 Å². The molecule has 2 heterocycles. The minimum atomic E-state index is -3.27. The van der Waals surface area contributed by atoms with Crippen molar-refractivity contribution >= 4 is 15.7 Å². The van der Waals surface area contributed by atoms with Gasteiger partial charge in [-0.25, -0.2) is 8.42 Å². The highest BCUT2D eigenvalue weighted by atomic mass is 32.2.